The number of alkyl halides is 3. The summed E-state index contributed by atoms with van der Waals surface area (Å²) in [5.74, 6) is -0.332. The van der Waals surface area contributed by atoms with Crippen LogP contribution in [0.5, 0.6) is 0 Å². The van der Waals surface area contributed by atoms with Gasteiger partial charge in [-0.15, -0.1) is 0 Å². The van der Waals surface area contributed by atoms with Crippen LogP contribution in [0.1, 0.15) is 44.4 Å². The molecule has 3 rings (SSSR count). The van der Waals surface area contributed by atoms with Gasteiger partial charge in [0.05, 0.1) is 11.6 Å². The molecule has 0 bridgehead atoms. The number of nitrogens with zero attached hydrogens (tertiary/aromatic N) is 5. The highest BCUT2D eigenvalue weighted by atomic mass is 19.4. The Labute approximate surface area is 200 Å². The first-order valence-electron chi connectivity index (χ1n) is 11.1. The van der Waals surface area contributed by atoms with Gasteiger partial charge in [0.1, 0.15) is 17.9 Å². The van der Waals surface area contributed by atoms with E-state index in [9.17, 15) is 22.8 Å². The van der Waals surface area contributed by atoms with Crippen molar-refractivity contribution >= 4 is 23.2 Å². The van der Waals surface area contributed by atoms with E-state index in [1.807, 2.05) is 25.7 Å². The highest BCUT2D eigenvalue weighted by molar-refractivity contribution is 5.98. The predicted molar refractivity (Wildman–Crippen MR) is 126 cm³/mol. The molecule has 1 fully saturated rings. The van der Waals surface area contributed by atoms with Gasteiger partial charge in [0.25, 0.3) is 0 Å². The Morgan fingerprint density at radius 2 is 1.89 bits per heavy atom. The van der Waals surface area contributed by atoms with Crippen LogP contribution in [0.3, 0.4) is 0 Å². The number of nitriles is 1. The Kier molecular flexibility index (Phi) is 7.40. The lowest BCUT2D eigenvalue weighted by Gasteiger charge is -2.47. The number of piperazine rings is 1. The number of hydrogen-bond acceptors (Lipinski definition) is 7. The van der Waals surface area contributed by atoms with E-state index >= 15 is 0 Å². The molecular formula is C23H28F3N7O2. The molecule has 1 saturated heterocycles. The Morgan fingerprint density at radius 3 is 2.46 bits per heavy atom. The van der Waals surface area contributed by atoms with Crippen molar-refractivity contribution in [1.29, 1.82) is 5.26 Å². The summed E-state index contributed by atoms with van der Waals surface area (Å²) in [6.07, 6.45) is -4.77. The molecule has 2 aromatic rings. The van der Waals surface area contributed by atoms with E-state index in [2.05, 4.69) is 15.2 Å². The average Bonchev–Trinajstić information content (AvgIpc) is 2.80. The van der Waals surface area contributed by atoms with Gasteiger partial charge in [-0.25, -0.2) is 4.79 Å². The fourth-order valence-electron chi connectivity index (χ4n) is 4.32. The van der Waals surface area contributed by atoms with Gasteiger partial charge in [0, 0.05) is 38.3 Å². The second kappa shape index (κ2) is 9.95. The number of nitrogen functional groups attached to an aromatic ring is 1. The fraction of sp³-hybridized carbons (Fsp3) is 0.478. The van der Waals surface area contributed by atoms with Gasteiger partial charge in [-0.05, 0) is 38.5 Å². The quantitative estimate of drug-likeness (QED) is 0.660. The van der Waals surface area contributed by atoms with Crippen LogP contribution >= 0.6 is 0 Å². The van der Waals surface area contributed by atoms with Crippen LogP contribution in [0.2, 0.25) is 0 Å². The predicted octanol–water partition coefficient (Wildman–Crippen LogP) is 2.89. The van der Waals surface area contributed by atoms with E-state index in [1.54, 1.807) is 6.07 Å². The number of aromatic nitrogens is 2. The minimum absolute atomic E-state index is 0.0201. The summed E-state index contributed by atoms with van der Waals surface area (Å²) in [6, 6.07) is 6.51. The molecule has 35 heavy (non-hydrogen) atoms. The summed E-state index contributed by atoms with van der Waals surface area (Å²) in [7, 11) is 1.43. The second-order valence-electron chi connectivity index (χ2n) is 8.76. The molecule has 1 unspecified atom stereocenters. The topological polar surface area (TPSA) is 120 Å². The molecule has 0 radical (unpaired) electrons. The van der Waals surface area contributed by atoms with Gasteiger partial charge in [-0.1, -0.05) is 12.1 Å². The van der Waals surface area contributed by atoms with E-state index in [0.717, 1.165) is 22.3 Å². The Morgan fingerprint density at radius 1 is 1.26 bits per heavy atom. The molecule has 1 amide bonds. The molecule has 1 aromatic heterocycles. The van der Waals surface area contributed by atoms with Crippen molar-refractivity contribution in [3.8, 4) is 6.07 Å². The molecule has 9 nitrogen and oxygen atoms in total. The summed E-state index contributed by atoms with van der Waals surface area (Å²) in [6.45, 7) is 6.77. The molecule has 2 heterocycles. The van der Waals surface area contributed by atoms with Gasteiger partial charge in [-0.3, -0.25) is 14.3 Å². The van der Waals surface area contributed by atoms with E-state index in [-0.39, 0.29) is 41.9 Å². The molecule has 0 saturated carbocycles. The number of hydrogen-bond donors (Lipinski definition) is 2. The van der Waals surface area contributed by atoms with Crippen molar-refractivity contribution < 1.29 is 18.0 Å². The molecule has 0 spiro atoms. The van der Waals surface area contributed by atoms with Gasteiger partial charge < -0.3 is 16.0 Å². The number of anilines is 3. The van der Waals surface area contributed by atoms with Crippen molar-refractivity contribution in [3.05, 3.63) is 45.9 Å². The summed E-state index contributed by atoms with van der Waals surface area (Å²) in [5.41, 5.74) is 5.75. The number of amides is 1. The number of carbonyl (C=O) groups excluding carboxylic acids is 1. The van der Waals surface area contributed by atoms with Gasteiger partial charge >= 0.3 is 11.9 Å². The lowest BCUT2D eigenvalue weighted by Crippen LogP contribution is -2.57. The van der Waals surface area contributed by atoms with Gasteiger partial charge in [-0.2, -0.15) is 23.4 Å². The molecule has 188 valence electrons. The number of benzene rings is 1. The van der Waals surface area contributed by atoms with Crippen LogP contribution in [-0.2, 0) is 18.0 Å². The summed E-state index contributed by atoms with van der Waals surface area (Å²) < 4.78 is 39.9. The van der Waals surface area contributed by atoms with E-state index in [1.165, 1.54) is 19.2 Å². The largest absolute Gasteiger partial charge is 0.416 e. The Balaban J connectivity index is 1.88. The maximum atomic E-state index is 12.9. The lowest BCUT2D eigenvalue weighted by atomic mass is 9.99. The number of nitrogens with one attached hydrogen (secondary N) is 1. The molecule has 1 aromatic carbocycles. The van der Waals surface area contributed by atoms with Crippen molar-refractivity contribution in [3.63, 3.8) is 0 Å². The van der Waals surface area contributed by atoms with Crippen LogP contribution in [0, 0.1) is 11.3 Å². The smallest absolute Gasteiger partial charge is 0.383 e. The summed E-state index contributed by atoms with van der Waals surface area (Å²) >= 11 is 0. The first kappa shape index (κ1) is 26.0. The van der Waals surface area contributed by atoms with Crippen molar-refractivity contribution in [2.75, 3.05) is 29.0 Å². The Bertz CT molecular complexity index is 1190. The minimum atomic E-state index is -4.39. The molecule has 12 heteroatoms. The summed E-state index contributed by atoms with van der Waals surface area (Å²) in [5, 5.41) is 11.4. The van der Waals surface area contributed by atoms with Crippen molar-refractivity contribution in [2.45, 2.75) is 51.5 Å². The van der Waals surface area contributed by atoms with Crippen LogP contribution in [-0.4, -0.2) is 45.5 Å². The highest BCUT2D eigenvalue weighted by Gasteiger charge is 2.36. The summed E-state index contributed by atoms with van der Waals surface area (Å²) in [4.78, 5) is 32.7. The maximum Gasteiger partial charge on any atom is 0.416 e. The van der Waals surface area contributed by atoms with Crippen molar-refractivity contribution in [1.82, 2.24) is 14.5 Å². The normalized spacial score (nSPS) is 19.8. The van der Waals surface area contributed by atoms with E-state index < -0.39 is 23.3 Å². The first-order valence-corrected chi connectivity index (χ1v) is 11.1. The standard InChI is InChI=1S/C23H28F3N7O2/c1-13-12-33(21-19(29-18(34)9-10-27)20(28)31(4)22(35)30-21)14(2)11-32(13)15(3)16-5-7-17(8-6-16)23(24,25)26/h5-8,13-15H,9,11-12,28H2,1-4H3,(H,29,34)/t13-,14+,15?/m1/s1. The third kappa shape index (κ3) is 5.40. The SMILES string of the molecule is CC(c1ccc(C(F)(F)F)cc1)N1C[C@H](C)N(c2nc(=O)n(C)c(N)c2NC(=O)CC#N)C[C@H]1C. The molecule has 3 atom stereocenters. The molecular weight excluding hydrogens is 463 g/mol. The highest BCUT2D eigenvalue weighted by Crippen LogP contribution is 2.35. The third-order valence-electron chi connectivity index (χ3n) is 6.36. The zero-order valence-corrected chi connectivity index (χ0v) is 19.9. The Hall–Kier alpha value is -3.59. The van der Waals surface area contributed by atoms with Crippen LogP contribution in [0.4, 0.5) is 30.5 Å². The van der Waals surface area contributed by atoms with E-state index in [4.69, 9.17) is 11.0 Å². The molecule has 3 N–H and O–H groups in total. The maximum absolute atomic E-state index is 12.9. The number of halogens is 3. The average molecular weight is 492 g/mol. The number of rotatable bonds is 5. The van der Waals surface area contributed by atoms with Gasteiger partial charge in [0.2, 0.25) is 5.91 Å². The van der Waals surface area contributed by atoms with Crippen LogP contribution in [0.15, 0.2) is 29.1 Å². The lowest BCUT2D eigenvalue weighted by molar-refractivity contribution is -0.137. The van der Waals surface area contributed by atoms with Crippen LogP contribution < -0.4 is 21.6 Å². The monoisotopic (exact) mass is 491 g/mol. The molecule has 1 aliphatic heterocycles. The van der Waals surface area contributed by atoms with Gasteiger partial charge in [0.15, 0.2) is 5.82 Å². The molecule has 0 aliphatic carbocycles. The zero-order valence-electron chi connectivity index (χ0n) is 19.9. The third-order valence-corrected chi connectivity index (χ3v) is 6.36. The van der Waals surface area contributed by atoms with Crippen molar-refractivity contribution in [2.24, 2.45) is 7.05 Å². The minimum Gasteiger partial charge on any atom is -0.383 e. The number of carbonyl (C=O) groups is 1. The first-order chi connectivity index (χ1) is 16.3. The number of nitrogens with two attached hydrogens (primary N) is 1. The second-order valence-corrected chi connectivity index (χ2v) is 8.76. The fourth-order valence-corrected chi connectivity index (χ4v) is 4.32. The van der Waals surface area contributed by atoms with E-state index in [0.29, 0.717) is 13.1 Å². The zero-order chi connectivity index (χ0) is 26.1. The van der Waals surface area contributed by atoms with Crippen LogP contribution in [0.25, 0.3) is 0 Å². The molecule has 1 aliphatic rings.